The molecule has 0 spiro atoms. The Kier molecular flexibility index (Phi) is 3.63. The molecule has 1 heterocycles. The number of anilines is 1. The van der Waals surface area contributed by atoms with Crippen LogP contribution in [0.4, 0.5) is 5.95 Å². The minimum atomic E-state index is -0.364. The lowest BCUT2D eigenvalue weighted by Crippen LogP contribution is -1.99. The summed E-state index contributed by atoms with van der Waals surface area (Å²) in [6.07, 6.45) is 1.59. The standard InChI is InChI=1S/C10H11N3O2/c1-7-8(6-12-10(11)13-7)4-3-5-9(14)15-2/h6H,5H2,1-2H3,(H2,11,12,13). The van der Waals surface area contributed by atoms with Gasteiger partial charge in [-0.3, -0.25) is 4.79 Å². The van der Waals surface area contributed by atoms with Gasteiger partial charge in [0.15, 0.2) is 0 Å². The molecule has 2 N–H and O–H groups in total. The van der Waals surface area contributed by atoms with Gasteiger partial charge in [-0.15, -0.1) is 0 Å². The molecule has 78 valence electrons. The van der Waals surface area contributed by atoms with Gasteiger partial charge in [0.1, 0.15) is 6.42 Å². The maximum absolute atomic E-state index is 10.8. The zero-order valence-corrected chi connectivity index (χ0v) is 8.57. The number of nitrogens with two attached hydrogens (primary N) is 1. The van der Waals surface area contributed by atoms with Crippen molar-refractivity contribution < 1.29 is 9.53 Å². The van der Waals surface area contributed by atoms with Gasteiger partial charge >= 0.3 is 5.97 Å². The van der Waals surface area contributed by atoms with Crippen LogP contribution in [0.15, 0.2) is 6.20 Å². The fourth-order valence-corrected chi connectivity index (χ4v) is 0.892. The van der Waals surface area contributed by atoms with E-state index in [4.69, 9.17) is 5.73 Å². The molecule has 0 amide bonds. The van der Waals surface area contributed by atoms with E-state index in [0.717, 1.165) is 0 Å². The fraction of sp³-hybridized carbons (Fsp3) is 0.300. The van der Waals surface area contributed by atoms with E-state index in [2.05, 4.69) is 26.5 Å². The number of nitrogen functional groups attached to an aromatic ring is 1. The summed E-state index contributed by atoms with van der Waals surface area (Å²) in [5.74, 6) is 5.29. The van der Waals surface area contributed by atoms with Crippen LogP contribution >= 0.6 is 0 Å². The first-order valence-corrected chi connectivity index (χ1v) is 4.28. The summed E-state index contributed by atoms with van der Waals surface area (Å²) >= 11 is 0. The molecule has 0 saturated carbocycles. The number of nitrogens with zero attached hydrogens (tertiary/aromatic N) is 2. The number of hydrogen-bond acceptors (Lipinski definition) is 5. The highest BCUT2D eigenvalue weighted by Crippen LogP contribution is 2.02. The predicted molar refractivity (Wildman–Crippen MR) is 54.7 cm³/mol. The molecule has 0 aromatic carbocycles. The van der Waals surface area contributed by atoms with Crippen LogP contribution in [0.2, 0.25) is 0 Å². The molecule has 5 heteroatoms. The van der Waals surface area contributed by atoms with E-state index in [0.29, 0.717) is 11.3 Å². The lowest BCUT2D eigenvalue weighted by molar-refractivity contribution is -0.139. The first kappa shape index (κ1) is 11.0. The molecule has 5 nitrogen and oxygen atoms in total. The summed E-state index contributed by atoms with van der Waals surface area (Å²) in [4.78, 5) is 18.5. The van der Waals surface area contributed by atoms with Gasteiger partial charge in [-0.25, -0.2) is 9.97 Å². The molecule has 0 aliphatic carbocycles. The van der Waals surface area contributed by atoms with Gasteiger partial charge in [0.25, 0.3) is 0 Å². The molecular formula is C10H11N3O2. The lowest BCUT2D eigenvalue weighted by atomic mass is 10.2. The Bertz CT molecular complexity index is 432. The molecule has 0 saturated heterocycles. The van der Waals surface area contributed by atoms with Crippen molar-refractivity contribution in [2.45, 2.75) is 13.3 Å². The molecule has 1 aromatic heterocycles. The maximum atomic E-state index is 10.8. The number of aromatic nitrogens is 2. The number of methoxy groups -OCH3 is 1. The Morgan fingerprint density at radius 3 is 3.00 bits per heavy atom. The molecule has 0 unspecified atom stereocenters. The highest BCUT2D eigenvalue weighted by atomic mass is 16.5. The van der Waals surface area contributed by atoms with E-state index in [1.807, 2.05) is 0 Å². The van der Waals surface area contributed by atoms with Crippen LogP contribution in [0.5, 0.6) is 0 Å². The zero-order valence-electron chi connectivity index (χ0n) is 8.57. The van der Waals surface area contributed by atoms with Crippen molar-refractivity contribution in [3.63, 3.8) is 0 Å². The molecule has 0 radical (unpaired) electrons. The van der Waals surface area contributed by atoms with Crippen LogP contribution in [0.25, 0.3) is 0 Å². The smallest absolute Gasteiger partial charge is 0.317 e. The number of rotatable bonds is 1. The van der Waals surface area contributed by atoms with Crippen LogP contribution in [0.3, 0.4) is 0 Å². The third kappa shape index (κ3) is 3.27. The minimum Gasteiger partial charge on any atom is -0.468 e. The van der Waals surface area contributed by atoms with Crippen LogP contribution < -0.4 is 5.73 Å². The molecule has 1 rings (SSSR count). The Morgan fingerprint density at radius 2 is 2.40 bits per heavy atom. The van der Waals surface area contributed by atoms with E-state index in [9.17, 15) is 4.79 Å². The third-order valence-electron chi connectivity index (χ3n) is 1.68. The Balaban J connectivity index is 2.76. The topological polar surface area (TPSA) is 78.1 Å². The molecule has 0 aliphatic heterocycles. The number of aryl methyl sites for hydroxylation is 1. The summed E-state index contributed by atoms with van der Waals surface area (Å²) in [5, 5.41) is 0. The lowest BCUT2D eigenvalue weighted by Gasteiger charge is -1.96. The molecule has 0 atom stereocenters. The maximum Gasteiger partial charge on any atom is 0.317 e. The Hall–Kier alpha value is -2.09. The van der Waals surface area contributed by atoms with Crippen molar-refractivity contribution in [3.05, 3.63) is 17.5 Å². The van der Waals surface area contributed by atoms with Crippen molar-refractivity contribution in [3.8, 4) is 11.8 Å². The van der Waals surface area contributed by atoms with Gasteiger partial charge in [0, 0.05) is 6.20 Å². The Morgan fingerprint density at radius 1 is 1.67 bits per heavy atom. The van der Waals surface area contributed by atoms with E-state index >= 15 is 0 Å². The summed E-state index contributed by atoms with van der Waals surface area (Å²) in [5.41, 5.74) is 6.74. The largest absolute Gasteiger partial charge is 0.468 e. The summed E-state index contributed by atoms with van der Waals surface area (Å²) < 4.78 is 4.44. The van der Waals surface area contributed by atoms with Crippen LogP contribution in [-0.4, -0.2) is 23.0 Å². The van der Waals surface area contributed by atoms with E-state index in [1.54, 1.807) is 6.92 Å². The number of carbonyl (C=O) groups is 1. The second-order valence-electron chi connectivity index (χ2n) is 2.78. The summed E-state index contributed by atoms with van der Waals surface area (Å²) in [7, 11) is 1.32. The second kappa shape index (κ2) is 4.96. The molecule has 0 aliphatic rings. The number of hydrogen-bond donors (Lipinski definition) is 1. The number of carbonyl (C=O) groups excluding carboxylic acids is 1. The van der Waals surface area contributed by atoms with Gasteiger partial charge in [-0.1, -0.05) is 11.8 Å². The quantitative estimate of drug-likeness (QED) is 0.526. The SMILES string of the molecule is COC(=O)CC#Cc1cnc(N)nc1C. The van der Waals surface area contributed by atoms with Gasteiger partial charge in [-0.2, -0.15) is 0 Å². The van der Waals surface area contributed by atoms with Crippen molar-refractivity contribution in [1.82, 2.24) is 9.97 Å². The molecule has 1 aromatic rings. The number of ether oxygens (including phenoxy) is 1. The molecule has 15 heavy (non-hydrogen) atoms. The molecular weight excluding hydrogens is 194 g/mol. The van der Waals surface area contributed by atoms with Gasteiger partial charge in [0.05, 0.1) is 18.4 Å². The zero-order chi connectivity index (χ0) is 11.3. The van der Waals surface area contributed by atoms with E-state index < -0.39 is 0 Å². The summed E-state index contributed by atoms with van der Waals surface area (Å²) in [6, 6.07) is 0. The van der Waals surface area contributed by atoms with Gasteiger partial charge < -0.3 is 10.5 Å². The third-order valence-corrected chi connectivity index (χ3v) is 1.68. The van der Waals surface area contributed by atoms with E-state index in [-0.39, 0.29) is 18.3 Å². The average Bonchev–Trinajstić information content (AvgIpc) is 2.21. The first-order valence-electron chi connectivity index (χ1n) is 4.28. The normalized spacial score (nSPS) is 8.93. The highest BCUT2D eigenvalue weighted by Gasteiger charge is 1.98. The predicted octanol–water partition coefficient (Wildman–Crippen LogP) is 0.282. The van der Waals surface area contributed by atoms with Crippen LogP contribution in [0, 0.1) is 18.8 Å². The molecule has 0 bridgehead atoms. The van der Waals surface area contributed by atoms with E-state index in [1.165, 1.54) is 13.3 Å². The Labute approximate surface area is 87.7 Å². The fourth-order valence-electron chi connectivity index (χ4n) is 0.892. The monoisotopic (exact) mass is 205 g/mol. The first-order chi connectivity index (χ1) is 7.13. The minimum absolute atomic E-state index is 0.0559. The van der Waals surface area contributed by atoms with Gasteiger partial charge in [0.2, 0.25) is 5.95 Å². The molecule has 0 fully saturated rings. The van der Waals surface area contributed by atoms with Crippen molar-refractivity contribution in [1.29, 1.82) is 0 Å². The number of esters is 1. The van der Waals surface area contributed by atoms with Gasteiger partial charge in [-0.05, 0) is 6.92 Å². The van der Waals surface area contributed by atoms with Crippen LogP contribution in [0.1, 0.15) is 17.7 Å². The van der Waals surface area contributed by atoms with Crippen molar-refractivity contribution in [2.24, 2.45) is 0 Å². The average molecular weight is 205 g/mol. The second-order valence-corrected chi connectivity index (χ2v) is 2.78. The van der Waals surface area contributed by atoms with Crippen molar-refractivity contribution in [2.75, 3.05) is 12.8 Å². The van der Waals surface area contributed by atoms with Crippen molar-refractivity contribution >= 4 is 11.9 Å². The highest BCUT2D eigenvalue weighted by molar-refractivity contribution is 5.72. The summed E-state index contributed by atoms with van der Waals surface area (Å²) in [6.45, 7) is 1.78. The van der Waals surface area contributed by atoms with Crippen LogP contribution in [-0.2, 0) is 9.53 Å².